The second-order valence-corrected chi connectivity index (χ2v) is 7.85. The second kappa shape index (κ2) is 6.83. The second-order valence-electron chi connectivity index (χ2n) is 6.71. The van der Waals surface area contributed by atoms with Crippen molar-refractivity contribution in [2.24, 2.45) is 5.84 Å². The van der Waals surface area contributed by atoms with Crippen LogP contribution in [0.3, 0.4) is 0 Å². The molecule has 0 atom stereocenters. The molecule has 0 radical (unpaired) electrons. The molecule has 1 aliphatic rings. The summed E-state index contributed by atoms with van der Waals surface area (Å²) in [5.74, 6) is 7.87. The molecule has 0 bridgehead atoms. The molecule has 0 aliphatic heterocycles. The van der Waals surface area contributed by atoms with Crippen molar-refractivity contribution in [3.63, 3.8) is 0 Å². The van der Waals surface area contributed by atoms with E-state index in [0.29, 0.717) is 11.9 Å². The average Bonchev–Trinajstić information content (AvgIpc) is 2.46. The quantitative estimate of drug-likeness (QED) is 0.586. The van der Waals surface area contributed by atoms with Crippen LogP contribution in [0.1, 0.15) is 52.3 Å². The Morgan fingerprint density at radius 1 is 1.14 bits per heavy atom. The van der Waals surface area contributed by atoms with E-state index in [2.05, 4.69) is 47.7 Å². The summed E-state index contributed by atoms with van der Waals surface area (Å²) in [6.07, 6.45) is 7.16. The first-order chi connectivity index (χ1) is 9.92. The Morgan fingerprint density at radius 3 is 2.29 bits per heavy atom. The maximum Gasteiger partial charge on any atom is 0.145 e. The van der Waals surface area contributed by atoms with E-state index in [1.807, 2.05) is 17.8 Å². The van der Waals surface area contributed by atoms with E-state index in [4.69, 9.17) is 5.84 Å². The minimum absolute atomic E-state index is 0.0974. The van der Waals surface area contributed by atoms with Gasteiger partial charge in [0, 0.05) is 22.8 Å². The minimum atomic E-state index is -0.0974. The fourth-order valence-corrected chi connectivity index (χ4v) is 3.33. The number of hydrogen-bond acceptors (Lipinski definition) is 6. The zero-order valence-electron chi connectivity index (χ0n) is 13.4. The molecular formula is C15H27N5S. The van der Waals surface area contributed by atoms with Gasteiger partial charge in [-0.3, -0.25) is 0 Å². The topological polar surface area (TPSA) is 75.9 Å². The summed E-state index contributed by atoms with van der Waals surface area (Å²) in [6, 6.07) is 2.39. The molecule has 1 saturated carbocycles. The highest BCUT2D eigenvalue weighted by Crippen LogP contribution is 2.29. The monoisotopic (exact) mass is 309 g/mol. The van der Waals surface area contributed by atoms with Crippen molar-refractivity contribution >= 4 is 23.4 Å². The number of nitrogens with two attached hydrogens (primary N) is 1. The summed E-state index contributed by atoms with van der Waals surface area (Å²) in [4.78, 5) is 9.11. The van der Waals surface area contributed by atoms with Crippen molar-refractivity contribution < 1.29 is 0 Å². The van der Waals surface area contributed by atoms with Crippen LogP contribution in [-0.2, 0) is 5.41 Å². The van der Waals surface area contributed by atoms with Crippen molar-refractivity contribution in [3.05, 3.63) is 11.9 Å². The van der Waals surface area contributed by atoms with E-state index in [1.165, 1.54) is 25.7 Å². The predicted molar refractivity (Wildman–Crippen MR) is 91.7 cm³/mol. The van der Waals surface area contributed by atoms with Crippen molar-refractivity contribution in [2.45, 2.75) is 63.2 Å². The summed E-state index contributed by atoms with van der Waals surface area (Å²) in [7, 11) is 0. The highest BCUT2D eigenvalue weighted by atomic mass is 32.2. The van der Waals surface area contributed by atoms with Crippen LogP contribution < -0.4 is 16.6 Å². The molecule has 118 valence electrons. The van der Waals surface area contributed by atoms with E-state index < -0.39 is 0 Å². The minimum Gasteiger partial charge on any atom is -0.367 e. The Hall–Kier alpha value is -1.01. The number of thioether (sulfide) groups is 1. The SMILES string of the molecule is CSC1CCC(Nc2cc(NN)nc(C(C)(C)C)n2)CC1. The van der Waals surface area contributed by atoms with Gasteiger partial charge in [-0.2, -0.15) is 11.8 Å². The maximum absolute atomic E-state index is 5.53. The van der Waals surface area contributed by atoms with Gasteiger partial charge in [0.2, 0.25) is 0 Å². The Kier molecular flexibility index (Phi) is 5.32. The molecule has 21 heavy (non-hydrogen) atoms. The number of nitrogens with zero attached hydrogens (tertiary/aromatic N) is 2. The molecule has 1 aliphatic carbocycles. The normalized spacial score (nSPS) is 22.9. The van der Waals surface area contributed by atoms with Crippen molar-refractivity contribution in [3.8, 4) is 0 Å². The van der Waals surface area contributed by atoms with E-state index in [9.17, 15) is 0 Å². The Labute approximate surface area is 131 Å². The Bertz CT molecular complexity index is 464. The van der Waals surface area contributed by atoms with Crippen LogP contribution in [0.25, 0.3) is 0 Å². The van der Waals surface area contributed by atoms with Crippen LogP contribution in [0.2, 0.25) is 0 Å². The smallest absolute Gasteiger partial charge is 0.145 e. The lowest BCUT2D eigenvalue weighted by Crippen LogP contribution is -2.28. The van der Waals surface area contributed by atoms with Gasteiger partial charge in [0.1, 0.15) is 17.5 Å². The highest BCUT2D eigenvalue weighted by Gasteiger charge is 2.23. The van der Waals surface area contributed by atoms with Gasteiger partial charge in [0.15, 0.2) is 0 Å². The Morgan fingerprint density at radius 2 is 1.76 bits per heavy atom. The number of nitrogen functional groups attached to an aromatic ring is 1. The van der Waals surface area contributed by atoms with Crippen LogP contribution >= 0.6 is 11.8 Å². The predicted octanol–water partition coefficient (Wildman–Crippen LogP) is 3.15. The van der Waals surface area contributed by atoms with E-state index in [-0.39, 0.29) is 5.41 Å². The third kappa shape index (κ3) is 4.48. The average molecular weight is 309 g/mol. The fraction of sp³-hybridized carbons (Fsp3) is 0.733. The van der Waals surface area contributed by atoms with Crippen molar-refractivity contribution in [1.82, 2.24) is 9.97 Å². The van der Waals surface area contributed by atoms with Gasteiger partial charge in [0.25, 0.3) is 0 Å². The highest BCUT2D eigenvalue weighted by molar-refractivity contribution is 7.99. The molecule has 0 aromatic carbocycles. The van der Waals surface area contributed by atoms with E-state index in [0.717, 1.165) is 16.9 Å². The molecule has 4 N–H and O–H groups in total. The third-order valence-electron chi connectivity index (χ3n) is 3.90. The first-order valence-electron chi connectivity index (χ1n) is 7.58. The van der Waals surface area contributed by atoms with Crippen LogP contribution in [0, 0.1) is 0 Å². The van der Waals surface area contributed by atoms with Crippen LogP contribution in [0.5, 0.6) is 0 Å². The lowest BCUT2D eigenvalue weighted by Gasteiger charge is -2.29. The van der Waals surface area contributed by atoms with Gasteiger partial charge in [0.05, 0.1) is 0 Å². The van der Waals surface area contributed by atoms with Gasteiger partial charge < -0.3 is 10.7 Å². The number of rotatable bonds is 4. The Balaban J connectivity index is 2.09. The van der Waals surface area contributed by atoms with Crippen LogP contribution in [0.4, 0.5) is 11.6 Å². The number of hydrazine groups is 1. The number of aromatic nitrogens is 2. The van der Waals surface area contributed by atoms with Crippen LogP contribution in [-0.4, -0.2) is 27.5 Å². The molecule has 5 nitrogen and oxygen atoms in total. The van der Waals surface area contributed by atoms with Gasteiger partial charge in [-0.1, -0.05) is 20.8 Å². The lowest BCUT2D eigenvalue weighted by atomic mass is 9.94. The molecule has 0 spiro atoms. The lowest BCUT2D eigenvalue weighted by molar-refractivity contribution is 0.471. The molecule has 2 rings (SSSR count). The maximum atomic E-state index is 5.53. The summed E-state index contributed by atoms with van der Waals surface area (Å²) >= 11 is 1.99. The molecule has 0 saturated heterocycles. The van der Waals surface area contributed by atoms with Gasteiger partial charge in [-0.25, -0.2) is 15.8 Å². The van der Waals surface area contributed by atoms with E-state index in [1.54, 1.807) is 0 Å². The summed E-state index contributed by atoms with van der Waals surface area (Å²) in [5.41, 5.74) is 2.54. The molecule has 0 amide bonds. The molecule has 1 aromatic heterocycles. The number of hydrogen-bond donors (Lipinski definition) is 3. The van der Waals surface area contributed by atoms with Crippen LogP contribution in [0.15, 0.2) is 6.07 Å². The molecule has 1 fully saturated rings. The largest absolute Gasteiger partial charge is 0.367 e. The fourth-order valence-electron chi connectivity index (χ4n) is 2.58. The first-order valence-corrected chi connectivity index (χ1v) is 8.86. The number of anilines is 2. The summed E-state index contributed by atoms with van der Waals surface area (Å²) in [5, 5.41) is 4.38. The van der Waals surface area contributed by atoms with Gasteiger partial charge >= 0.3 is 0 Å². The summed E-state index contributed by atoms with van der Waals surface area (Å²) in [6.45, 7) is 6.32. The summed E-state index contributed by atoms with van der Waals surface area (Å²) < 4.78 is 0. The zero-order chi connectivity index (χ0) is 15.5. The molecular weight excluding hydrogens is 282 g/mol. The van der Waals surface area contributed by atoms with Gasteiger partial charge in [-0.15, -0.1) is 0 Å². The standard InChI is InChI=1S/C15H27N5S/c1-15(2,3)14-18-12(9-13(19-14)20-16)17-10-5-7-11(21-4)8-6-10/h9-11H,5-8,16H2,1-4H3,(H2,17,18,19,20). The molecule has 1 aromatic rings. The van der Waals surface area contributed by atoms with Crippen molar-refractivity contribution in [2.75, 3.05) is 17.0 Å². The number of nitrogens with one attached hydrogen (secondary N) is 2. The first kappa shape index (κ1) is 16.4. The zero-order valence-corrected chi connectivity index (χ0v) is 14.3. The van der Waals surface area contributed by atoms with E-state index >= 15 is 0 Å². The molecule has 6 heteroatoms. The van der Waals surface area contributed by atoms with Crippen molar-refractivity contribution in [1.29, 1.82) is 0 Å². The molecule has 0 unspecified atom stereocenters. The molecule has 1 heterocycles. The van der Waals surface area contributed by atoms with Gasteiger partial charge in [-0.05, 0) is 31.9 Å². The third-order valence-corrected chi connectivity index (χ3v) is 5.04.